The molecule has 2 aromatic rings. The third kappa shape index (κ3) is 3.07. The van der Waals surface area contributed by atoms with Gasteiger partial charge in [-0.15, -0.1) is 11.8 Å². The molecule has 1 aromatic heterocycles. The van der Waals surface area contributed by atoms with E-state index in [-0.39, 0.29) is 0 Å². The molecular formula is C16H21BrN2S. The van der Waals surface area contributed by atoms with E-state index in [0.717, 1.165) is 9.72 Å². The van der Waals surface area contributed by atoms with E-state index < -0.39 is 0 Å². The molecule has 0 amide bonds. The van der Waals surface area contributed by atoms with Gasteiger partial charge in [-0.2, -0.15) is 0 Å². The third-order valence-electron chi connectivity index (χ3n) is 4.11. The van der Waals surface area contributed by atoms with Crippen LogP contribution in [0, 0.1) is 0 Å². The fraction of sp³-hybridized carbons (Fsp3) is 0.500. The Hall–Kier alpha value is -0.450. The van der Waals surface area contributed by atoms with Gasteiger partial charge in [-0.05, 0) is 58.0 Å². The van der Waals surface area contributed by atoms with Crippen molar-refractivity contribution < 1.29 is 0 Å². The molecule has 3 rings (SSSR count). The second-order valence-corrected chi connectivity index (χ2v) is 8.05. The predicted octanol–water partition coefficient (Wildman–Crippen LogP) is 4.90. The Morgan fingerprint density at radius 1 is 1.30 bits per heavy atom. The van der Waals surface area contributed by atoms with Crippen molar-refractivity contribution >= 4 is 38.6 Å². The molecule has 0 spiro atoms. The maximum atomic E-state index is 3.57. The Bertz CT molecular complexity index is 585. The molecule has 0 unspecified atom stereocenters. The second kappa shape index (κ2) is 6.12. The molecule has 0 saturated carbocycles. The number of benzene rings is 1. The molecule has 1 aromatic carbocycles. The van der Waals surface area contributed by atoms with Crippen LogP contribution in [0.15, 0.2) is 33.8 Å². The number of thioether (sulfide) groups is 1. The molecule has 2 heterocycles. The van der Waals surface area contributed by atoms with E-state index in [1.165, 1.54) is 41.7 Å². The van der Waals surface area contributed by atoms with Crippen LogP contribution in [0.2, 0.25) is 0 Å². The number of likely N-dealkylation sites (tertiary alicyclic amines) is 1. The standard InChI is InChI=1S/C16H21BrN2S/c1-11(2)19-7-5-13(6-8-19)20-16-10-18-15-4-3-12(17)9-14(15)16/h3-4,9-11,13,18H,5-8H2,1-2H3. The summed E-state index contributed by atoms with van der Waals surface area (Å²) in [5, 5.41) is 2.10. The average molecular weight is 353 g/mol. The molecular weight excluding hydrogens is 332 g/mol. The first-order valence-corrected chi connectivity index (χ1v) is 8.98. The summed E-state index contributed by atoms with van der Waals surface area (Å²) >= 11 is 5.61. The molecule has 0 atom stereocenters. The summed E-state index contributed by atoms with van der Waals surface area (Å²) in [6, 6.07) is 7.14. The van der Waals surface area contributed by atoms with Gasteiger partial charge in [0.15, 0.2) is 0 Å². The molecule has 0 aliphatic carbocycles. The lowest BCUT2D eigenvalue weighted by Gasteiger charge is -2.34. The minimum atomic E-state index is 0.685. The number of piperidine rings is 1. The molecule has 4 heteroatoms. The number of rotatable bonds is 3. The van der Waals surface area contributed by atoms with Crippen LogP contribution in [0.4, 0.5) is 0 Å². The number of halogens is 1. The highest BCUT2D eigenvalue weighted by Gasteiger charge is 2.22. The van der Waals surface area contributed by atoms with Crippen LogP contribution in [-0.4, -0.2) is 34.3 Å². The van der Waals surface area contributed by atoms with Crippen molar-refractivity contribution in [2.45, 2.75) is 42.9 Å². The maximum Gasteiger partial charge on any atom is 0.0466 e. The van der Waals surface area contributed by atoms with Gasteiger partial charge < -0.3 is 9.88 Å². The summed E-state index contributed by atoms with van der Waals surface area (Å²) < 4.78 is 1.15. The van der Waals surface area contributed by atoms with Crippen molar-refractivity contribution in [2.24, 2.45) is 0 Å². The fourth-order valence-corrected chi connectivity index (χ4v) is 4.44. The number of aromatic amines is 1. The summed E-state index contributed by atoms with van der Waals surface area (Å²) in [6.07, 6.45) is 4.75. The van der Waals surface area contributed by atoms with Crippen LogP contribution in [0.3, 0.4) is 0 Å². The summed E-state index contributed by atoms with van der Waals surface area (Å²) in [7, 11) is 0. The zero-order valence-electron chi connectivity index (χ0n) is 12.0. The van der Waals surface area contributed by atoms with Crippen molar-refractivity contribution in [2.75, 3.05) is 13.1 Å². The van der Waals surface area contributed by atoms with Crippen molar-refractivity contribution in [3.05, 3.63) is 28.9 Å². The maximum absolute atomic E-state index is 3.57. The number of hydrogen-bond donors (Lipinski definition) is 1. The largest absolute Gasteiger partial charge is 0.360 e. The second-order valence-electron chi connectivity index (χ2n) is 5.79. The van der Waals surface area contributed by atoms with Gasteiger partial charge in [-0.25, -0.2) is 0 Å². The van der Waals surface area contributed by atoms with E-state index in [1.54, 1.807) is 0 Å². The minimum Gasteiger partial charge on any atom is -0.360 e. The van der Waals surface area contributed by atoms with Gasteiger partial charge in [0, 0.05) is 37.8 Å². The zero-order valence-corrected chi connectivity index (χ0v) is 14.4. The predicted molar refractivity (Wildman–Crippen MR) is 91.6 cm³/mol. The molecule has 0 bridgehead atoms. The highest BCUT2D eigenvalue weighted by atomic mass is 79.9. The highest BCUT2D eigenvalue weighted by Crippen LogP contribution is 2.36. The fourth-order valence-electron chi connectivity index (χ4n) is 2.85. The van der Waals surface area contributed by atoms with E-state index in [9.17, 15) is 0 Å². The molecule has 2 nitrogen and oxygen atoms in total. The quantitative estimate of drug-likeness (QED) is 0.847. The first-order valence-electron chi connectivity index (χ1n) is 7.31. The van der Waals surface area contributed by atoms with Crippen molar-refractivity contribution in [3.8, 4) is 0 Å². The van der Waals surface area contributed by atoms with Crippen molar-refractivity contribution in [1.82, 2.24) is 9.88 Å². The van der Waals surface area contributed by atoms with Crippen LogP contribution >= 0.6 is 27.7 Å². The van der Waals surface area contributed by atoms with Gasteiger partial charge in [0.25, 0.3) is 0 Å². The van der Waals surface area contributed by atoms with E-state index in [2.05, 4.69) is 64.1 Å². The van der Waals surface area contributed by atoms with E-state index >= 15 is 0 Å². The van der Waals surface area contributed by atoms with Gasteiger partial charge in [0.2, 0.25) is 0 Å². The van der Waals surface area contributed by atoms with Gasteiger partial charge in [-0.3, -0.25) is 0 Å². The topological polar surface area (TPSA) is 19.0 Å². The van der Waals surface area contributed by atoms with Gasteiger partial charge in [-0.1, -0.05) is 15.9 Å². The Balaban J connectivity index is 1.70. The third-order valence-corrected chi connectivity index (χ3v) is 6.00. The molecule has 1 aliphatic rings. The Labute approximate surface area is 133 Å². The molecule has 1 saturated heterocycles. The smallest absolute Gasteiger partial charge is 0.0466 e. The van der Waals surface area contributed by atoms with Crippen molar-refractivity contribution in [3.63, 3.8) is 0 Å². The van der Waals surface area contributed by atoms with E-state index in [0.29, 0.717) is 6.04 Å². The van der Waals surface area contributed by atoms with Crippen LogP contribution in [0.25, 0.3) is 10.9 Å². The lowest BCUT2D eigenvalue weighted by Crippen LogP contribution is -2.39. The number of H-pyrrole nitrogens is 1. The lowest BCUT2D eigenvalue weighted by atomic mass is 10.1. The average Bonchev–Trinajstić information content (AvgIpc) is 2.82. The van der Waals surface area contributed by atoms with E-state index in [4.69, 9.17) is 0 Å². The monoisotopic (exact) mass is 352 g/mol. The molecule has 0 radical (unpaired) electrons. The molecule has 1 fully saturated rings. The molecule has 1 N–H and O–H groups in total. The first-order chi connectivity index (χ1) is 9.63. The molecule has 20 heavy (non-hydrogen) atoms. The summed E-state index contributed by atoms with van der Waals surface area (Å²) in [6.45, 7) is 7.07. The summed E-state index contributed by atoms with van der Waals surface area (Å²) in [5.41, 5.74) is 1.23. The number of aromatic nitrogens is 1. The van der Waals surface area contributed by atoms with Gasteiger partial charge in [0.1, 0.15) is 0 Å². The van der Waals surface area contributed by atoms with Gasteiger partial charge >= 0.3 is 0 Å². The minimum absolute atomic E-state index is 0.685. The van der Waals surface area contributed by atoms with E-state index in [1.807, 2.05) is 11.8 Å². The normalized spacial score (nSPS) is 18.2. The number of fused-ring (bicyclic) bond motifs is 1. The van der Waals surface area contributed by atoms with Crippen molar-refractivity contribution in [1.29, 1.82) is 0 Å². The lowest BCUT2D eigenvalue weighted by molar-refractivity contribution is 0.188. The number of hydrogen-bond acceptors (Lipinski definition) is 2. The SMILES string of the molecule is CC(C)N1CCC(Sc2c[nH]c3ccc(Br)cc23)CC1. The van der Waals surface area contributed by atoms with Crippen LogP contribution in [0.5, 0.6) is 0 Å². The summed E-state index contributed by atoms with van der Waals surface area (Å²) in [4.78, 5) is 7.36. The zero-order chi connectivity index (χ0) is 14.1. The Kier molecular flexibility index (Phi) is 4.43. The van der Waals surface area contributed by atoms with Gasteiger partial charge in [0.05, 0.1) is 0 Å². The van der Waals surface area contributed by atoms with Crippen LogP contribution in [0.1, 0.15) is 26.7 Å². The van der Waals surface area contributed by atoms with Crippen LogP contribution < -0.4 is 0 Å². The molecule has 1 aliphatic heterocycles. The van der Waals surface area contributed by atoms with Crippen LogP contribution in [-0.2, 0) is 0 Å². The number of nitrogens with one attached hydrogen (secondary N) is 1. The summed E-state index contributed by atoms with van der Waals surface area (Å²) in [5.74, 6) is 0. The Morgan fingerprint density at radius 3 is 2.75 bits per heavy atom. The molecule has 108 valence electrons. The highest BCUT2D eigenvalue weighted by molar-refractivity contribution is 9.10. The Morgan fingerprint density at radius 2 is 2.05 bits per heavy atom. The number of nitrogens with zero attached hydrogens (tertiary/aromatic N) is 1. The first kappa shape index (κ1) is 14.5.